The Morgan fingerprint density at radius 3 is 2.04 bits per heavy atom. The van der Waals surface area contributed by atoms with Crippen LogP contribution in [0.2, 0.25) is 0 Å². The second kappa shape index (κ2) is 8.64. The Morgan fingerprint density at radius 1 is 1.04 bits per heavy atom. The zero-order chi connectivity index (χ0) is 19.3. The first-order valence-corrected chi connectivity index (χ1v) is 10.4. The van der Waals surface area contributed by atoms with Gasteiger partial charge in [0, 0.05) is 44.7 Å². The molecule has 7 nitrogen and oxygen atoms in total. The third-order valence-corrected chi connectivity index (χ3v) is 6.61. The van der Waals surface area contributed by atoms with Crippen molar-refractivity contribution in [2.24, 2.45) is 5.92 Å². The Labute approximate surface area is 155 Å². The highest BCUT2D eigenvalue weighted by Gasteiger charge is 2.31. The van der Waals surface area contributed by atoms with Gasteiger partial charge in [0.05, 0.1) is 4.90 Å². The summed E-state index contributed by atoms with van der Waals surface area (Å²) in [4.78, 5) is 25.4. The molecule has 1 fully saturated rings. The van der Waals surface area contributed by atoms with Gasteiger partial charge in [0.1, 0.15) is 0 Å². The Morgan fingerprint density at radius 2 is 1.58 bits per heavy atom. The summed E-state index contributed by atoms with van der Waals surface area (Å²) in [5, 5.41) is 2.61. The van der Waals surface area contributed by atoms with Crippen LogP contribution in [0.5, 0.6) is 0 Å². The van der Waals surface area contributed by atoms with Crippen LogP contribution >= 0.6 is 0 Å². The first-order chi connectivity index (χ1) is 12.3. The molecule has 1 saturated heterocycles. The molecule has 144 valence electrons. The molecule has 0 spiro atoms. The predicted octanol–water partition coefficient (Wildman–Crippen LogP) is 1.91. The van der Waals surface area contributed by atoms with Crippen molar-refractivity contribution in [2.75, 3.05) is 31.5 Å². The highest BCUT2D eigenvalue weighted by Crippen LogP contribution is 2.21. The summed E-state index contributed by atoms with van der Waals surface area (Å²) in [5.74, 6) is -0.0787. The van der Waals surface area contributed by atoms with Crippen molar-refractivity contribution in [3.05, 3.63) is 24.3 Å². The second-order valence-electron chi connectivity index (χ2n) is 6.45. The molecule has 1 N–H and O–H groups in total. The van der Waals surface area contributed by atoms with E-state index in [1.165, 1.54) is 23.4 Å². The number of carbonyl (C=O) groups excluding carboxylic acids is 2. The van der Waals surface area contributed by atoms with Gasteiger partial charge in [0.2, 0.25) is 21.8 Å². The zero-order valence-electron chi connectivity index (χ0n) is 15.6. The fourth-order valence-corrected chi connectivity index (χ4v) is 4.53. The molecular weight excluding hydrogens is 354 g/mol. The molecular formula is C18H27N3O4S. The molecule has 1 aromatic carbocycles. The molecule has 0 saturated carbocycles. The summed E-state index contributed by atoms with van der Waals surface area (Å²) in [6.45, 7) is 6.81. The third kappa shape index (κ3) is 4.62. The molecule has 1 heterocycles. The van der Waals surface area contributed by atoms with Crippen LogP contribution in [0.15, 0.2) is 29.2 Å². The molecule has 26 heavy (non-hydrogen) atoms. The highest BCUT2D eigenvalue weighted by molar-refractivity contribution is 7.89. The van der Waals surface area contributed by atoms with E-state index in [2.05, 4.69) is 5.32 Å². The van der Waals surface area contributed by atoms with Gasteiger partial charge in [-0.2, -0.15) is 4.31 Å². The topological polar surface area (TPSA) is 86.8 Å². The number of hydrogen-bond acceptors (Lipinski definition) is 4. The Kier molecular flexibility index (Phi) is 6.77. The number of hydrogen-bond donors (Lipinski definition) is 1. The van der Waals surface area contributed by atoms with Gasteiger partial charge >= 0.3 is 0 Å². The summed E-state index contributed by atoms with van der Waals surface area (Å²) < 4.78 is 27.0. The van der Waals surface area contributed by atoms with Gasteiger partial charge in [-0.25, -0.2) is 8.42 Å². The standard InChI is InChI=1S/C18H27N3O4S/c1-4-15(5-2)18(23)20-10-12-21(13-11-20)26(24,25)17-8-6-16(7-9-17)19-14(3)22/h6-9,15H,4-5,10-13H2,1-3H3,(H,19,22). The van der Waals surface area contributed by atoms with Crippen LogP contribution in [0.25, 0.3) is 0 Å². The van der Waals surface area contributed by atoms with E-state index in [0.717, 1.165) is 12.8 Å². The molecule has 0 bridgehead atoms. The minimum absolute atomic E-state index is 0.0134. The highest BCUT2D eigenvalue weighted by atomic mass is 32.2. The van der Waals surface area contributed by atoms with Crippen LogP contribution in [0.4, 0.5) is 5.69 Å². The average molecular weight is 381 g/mol. The number of anilines is 1. The van der Waals surface area contributed by atoms with Crippen molar-refractivity contribution in [1.29, 1.82) is 0 Å². The molecule has 1 aromatic rings. The van der Waals surface area contributed by atoms with Gasteiger partial charge in [0.15, 0.2) is 0 Å². The van der Waals surface area contributed by atoms with Gasteiger partial charge in [-0.05, 0) is 37.1 Å². The molecule has 0 atom stereocenters. The SMILES string of the molecule is CCC(CC)C(=O)N1CCN(S(=O)(=O)c2ccc(NC(C)=O)cc2)CC1. The lowest BCUT2D eigenvalue weighted by Gasteiger charge is -2.35. The number of amides is 2. The Balaban J connectivity index is 2.03. The summed E-state index contributed by atoms with van der Waals surface area (Å²) in [5.41, 5.74) is 0.553. The Hall–Kier alpha value is -1.93. The monoisotopic (exact) mass is 381 g/mol. The Bertz CT molecular complexity index is 734. The number of carbonyl (C=O) groups is 2. The average Bonchev–Trinajstić information content (AvgIpc) is 2.62. The van der Waals surface area contributed by atoms with Crippen LogP contribution in [0.3, 0.4) is 0 Å². The lowest BCUT2D eigenvalue weighted by atomic mass is 10.0. The van der Waals surface area contributed by atoms with Gasteiger partial charge in [-0.1, -0.05) is 13.8 Å². The molecule has 8 heteroatoms. The number of benzene rings is 1. The fourth-order valence-electron chi connectivity index (χ4n) is 3.11. The van der Waals surface area contributed by atoms with E-state index < -0.39 is 10.0 Å². The molecule has 2 rings (SSSR count). The van der Waals surface area contributed by atoms with Crippen molar-refractivity contribution in [3.8, 4) is 0 Å². The van der Waals surface area contributed by atoms with Crippen molar-refractivity contribution in [3.63, 3.8) is 0 Å². The largest absolute Gasteiger partial charge is 0.340 e. The summed E-state index contributed by atoms with van der Waals surface area (Å²) in [7, 11) is -3.61. The molecule has 0 unspecified atom stereocenters. The van der Waals surface area contributed by atoms with Crippen LogP contribution in [0.1, 0.15) is 33.6 Å². The van der Waals surface area contributed by atoms with E-state index >= 15 is 0 Å². The van der Waals surface area contributed by atoms with Gasteiger partial charge in [0.25, 0.3) is 0 Å². The van der Waals surface area contributed by atoms with Crippen LogP contribution in [0, 0.1) is 5.92 Å². The van der Waals surface area contributed by atoms with Crippen LogP contribution in [-0.2, 0) is 19.6 Å². The number of sulfonamides is 1. The van der Waals surface area contributed by atoms with Crippen molar-refractivity contribution in [1.82, 2.24) is 9.21 Å². The molecule has 0 aliphatic carbocycles. The molecule has 1 aliphatic heterocycles. The van der Waals surface area contributed by atoms with E-state index in [4.69, 9.17) is 0 Å². The lowest BCUT2D eigenvalue weighted by Crippen LogP contribution is -2.51. The van der Waals surface area contributed by atoms with E-state index in [1.54, 1.807) is 17.0 Å². The van der Waals surface area contributed by atoms with Crippen LogP contribution in [-0.4, -0.2) is 55.6 Å². The maximum atomic E-state index is 12.8. The van der Waals surface area contributed by atoms with E-state index in [9.17, 15) is 18.0 Å². The fraction of sp³-hybridized carbons (Fsp3) is 0.556. The van der Waals surface area contributed by atoms with Crippen LogP contribution < -0.4 is 5.32 Å². The first-order valence-electron chi connectivity index (χ1n) is 8.96. The summed E-state index contributed by atoms with van der Waals surface area (Å²) >= 11 is 0. The first kappa shape index (κ1) is 20.4. The normalized spacial score (nSPS) is 15.9. The number of rotatable bonds is 6. The maximum Gasteiger partial charge on any atom is 0.243 e. The van der Waals surface area contributed by atoms with Crippen molar-refractivity contribution >= 4 is 27.5 Å². The molecule has 1 aliphatic rings. The summed E-state index contributed by atoms with van der Waals surface area (Å²) in [6, 6.07) is 6.12. The zero-order valence-corrected chi connectivity index (χ0v) is 16.4. The van der Waals surface area contributed by atoms with Crippen molar-refractivity contribution in [2.45, 2.75) is 38.5 Å². The lowest BCUT2D eigenvalue weighted by molar-refractivity contribution is -0.137. The quantitative estimate of drug-likeness (QED) is 0.815. The summed E-state index contributed by atoms with van der Waals surface area (Å²) in [6.07, 6.45) is 1.60. The van der Waals surface area contributed by atoms with Gasteiger partial charge in [-0.15, -0.1) is 0 Å². The minimum Gasteiger partial charge on any atom is -0.340 e. The molecule has 0 radical (unpaired) electrons. The van der Waals surface area contributed by atoms with E-state index in [-0.39, 0.29) is 22.6 Å². The number of piperazine rings is 1. The smallest absolute Gasteiger partial charge is 0.243 e. The van der Waals surface area contributed by atoms with E-state index in [1.807, 2.05) is 13.8 Å². The molecule has 0 aromatic heterocycles. The maximum absolute atomic E-state index is 12.8. The minimum atomic E-state index is -3.61. The number of nitrogens with zero attached hydrogens (tertiary/aromatic N) is 2. The van der Waals surface area contributed by atoms with Gasteiger partial charge in [-0.3, -0.25) is 9.59 Å². The predicted molar refractivity (Wildman–Crippen MR) is 100 cm³/mol. The van der Waals surface area contributed by atoms with Gasteiger partial charge < -0.3 is 10.2 Å². The van der Waals surface area contributed by atoms with E-state index in [0.29, 0.717) is 31.9 Å². The molecule has 2 amide bonds. The second-order valence-corrected chi connectivity index (χ2v) is 8.39. The third-order valence-electron chi connectivity index (χ3n) is 4.70. The number of nitrogens with one attached hydrogen (secondary N) is 1. The van der Waals surface area contributed by atoms with Crippen molar-refractivity contribution < 1.29 is 18.0 Å².